The van der Waals surface area contributed by atoms with Crippen LogP contribution in [-0.4, -0.2) is 60.6 Å². The summed E-state index contributed by atoms with van der Waals surface area (Å²) in [4.78, 5) is 5.61. The third-order valence-corrected chi connectivity index (χ3v) is 5.77. The Bertz CT molecular complexity index is 286. The second-order valence-electron chi connectivity index (χ2n) is 7.05. The Morgan fingerprint density at radius 3 is 2.45 bits per heavy atom. The summed E-state index contributed by atoms with van der Waals surface area (Å²) >= 11 is 0. The predicted molar refractivity (Wildman–Crippen MR) is 85.1 cm³/mol. The fourth-order valence-electron chi connectivity index (χ4n) is 4.70. The minimum absolute atomic E-state index is 0.758. The van der Waals surface area contributed by atoms with Crippen LogP contribution in [-0.2, 0) is 0 Å². The van der Waals surface area contributed by atoms with Crippen molar-refractivity contribution < 1.29 is 0 Å². The summed E-state index contributed by atoms with van der Waals surface area (Å²) in [6.07, 6.45) is 11.4. The zero-order valence-corrected chi connectivity index (χ0v) is 13.3. The fraction of sp³-hybridized carbons (Fsp3) is 1.00. The van der Waals surface area contributed by atoms with Gasteiger partial charge in [-0.15, -0.1) is 0 Å². The van der Waals surface area contributed by atoms with Gasteiger partial charge in [-0.2, -0.15) is 0 Å². The molecule has 20 heavy (non-hydrogen) atoms. The van der Waals surface area contributed by atoms with E-state index in [-0.39, 0.29) is 0 Å². The number of hydrogen-bond acceptors (Lipinski definition) is 3. The summed E-state index contributed by atoms with van der Waals surface area (Å²) in [6.45, 7) is 8.79. The van der Waals surface area contributed by atoms with Crippen molar-refractivity contribution in [2.24, 2.45) is 0 Å². The zero-order chi connectivity index (χ0) is 13.8. The number of nitrogens with zero attached hydrogens (tertiary/aromatic N) is 2. The van der Waals surface area contributed by atoms with Gasteiger partial charge in [-0.25, -0.2) is 0 Å². The summed E-state index contributed by atoms with van der Waals surface area (Å²) in [5.74, 6) is 0. The molecular formula is C17H33N3. The molecule has 3 rings (SSSR count). The highest BCUT2D eigenvalue weighted by atomic mass is 15.3. The van der Waals surface area contributed by atoms with E-state index >= 15 is 0 Å². The second kappa shape index (κ2) is 7.24. The largest absolute Gasteiger partial charge is 0.313 e. The topological polar surface area (TPSA) is 18.5 Å². The van der Waals surface area contributed by atoms with Crippen LogP contribution in [0.2, 0.25) is 0 Å². The van der Waals surface area contributed by atoms with Crippen LogP contribution in [0.15, 0.2) is 0 Å². The van der Waals surface area contributed by atoms with Crippen molar-refractivity contribution in [1.29, 1.82) is 0 Å². The van der Waals surface area contributed by atoms with Gasteiger partial charge in [-0.05, 0) is 51.7 Å². The Hall–Kier alpha value is -0.120. The standard InChI is InChI=1S/C17H33N3/c1-2-18-16-8-4-5-9-17(16)20-13-10-15(14-20)19-11-6-3-7-12-19/h15-18H,2-14H2,1H3. The predicted octanol–water partition coefficient (Wildman–Crippen LogP) is 2.47. The maximum atomic E-state index is 3.75. The Balaban J connectivity index is 1.54. The lowest BCUT2D eigenvalue weighted by atomic mass is 9.89. The molecule has 3 unspecified atom stereocenters. The Kier molecular flexibility index (Phi) is 5.36. The molecular weight excluding hydrogens is 246 g/mol. The van der Waals surface area contributed by atoms with Gasteiger partial charge < -0.3 is 5.32 Å². The highest BCUT2D eigenvalue weighted by Crippen LogP contribution is 2.28. The van der Waals surface area contributed by atoms with Gasteiger partial charge in [0.1, 0.15) is 0 Å². The smallest absolute Gasteiger partial charge is 0.0250 e. The minimum Gasteiger partial charge on any atom is -0.313 e. The van der Waals surface area contributed by atoms with Crippen LogP contribution in [0.1, 0.15) is 58.3 Å². The van der Waals surface area contributed by atoms with Gasteiger partial charge in [0.05, 0.1) is 0 Å². The van der Waals surface area contributed by atoms with Crippen molar-refractivity contribution in [3.05, 3.63) is 0 Å². The van der Waals surface area contributed by atoms with E-state index in [4.69, 9.17) is 0 Å². The molecule has 0 aromatic carbocycles. The van der Waals surface area contributed by atoms with E-state index in [1.807, 2.05) is 0 Å². The molecule has 0 spiro atoms. The lowest BCUT2D eigenvalue weighted by Gasteiger charge is -2.39. The Labute approximate surface area is 125 Å². The van der Waals surface area contributed by atoms with Crippen molar-refractivity contribution in [2.45, 2.75) is 76.4 Å². The summed E-state index contributed by atoms with van der Waals surface area (Å²) in [5, 5.41) is 3.75. The van der Waals surface area contributed by atoms with Crippen LogP contribution in [0.4, 0.5) is 0 Å². The number of likely N-dealkylation sites (tertiary alicyclic amines) is 2. The van der Waals surface area contributed by atoms with E-state index in [9.17, 15) is 0 Å². The molecule has 0 bridgehead atoms. The average Bonchev–Trinajstić information content (AvgIpc) is 2.99. The quantitative estimate of drug-likeness (QED) is 0.853. The lowest BCUT2D eigenvalue weighted by molar-refractivity contribution is 0.122. The molecule has 2 saturated heterocycles. The lowest BCUT2D eigenvalue weighted by Crippen LogP contribution is -2.52. The molecule has 1 saturated carbocycles. The monoisotopic (exact) mass is 279 g/mol. The first-order chi connectivity index (χ1) is 9.88. The molecule has 0 amide bonds. The van der Waals surface area contributed by atoms with Gasteiger partial charge >= 0.3 is 0 Å². The molecule has 3 fully saturated rings. The number of hydrogen-bond donors (Lipinski definition) is 1. The molecule has 2 heterocycles. The van der Waals surface area contributed by atoms with Crippen molar-refractivity contribution in [3.63, 3.8) is 0 Å². The molecule has 2 aliphatic heterocycles. The second-order valence-corrected chi connectivity index (χ2v) is 7.05. The highest BCUT2D eigenvalue weighted by Gasteiger charge is 2.36. The first-order valence-corrected chi connectivity index (χ1v) is 9.10. The normalized spacial score (nSPS) is 37.4. The third-order valence-electron chi connectivity index (χ3n) is 5.77. The minimum atomic E-state index is 0.758. The SMILES string of the molecule is CCNC1CCCCC1N1CCC(N2CCCCC2)C1. The molecule has 0 aromatic heterocycles. The summed E-state index contributed by atoms with van der Waals surface area (Å²) in [5.41, 5.74) is 0. The maximum Gasteiger partial charge on any atom is 0.0250 e. The maximum absolute atomic E-state index is 3.75. The van der Waals surface area contributed by atoms with Crippen LogP contribution < -0.4 is 5.32 Å². The highest BCUT2D eigenvalue weighted by molar-refractivity contribution is 4.94. The molecule has 1 aliphatic carbocycles. The summed E-state index contributed by atoms with van der Waals surface area (Å²) in [7, 11) is 0. The number of piperidine rings is 1. The molecule has 0 aromatic rings. The van der Waals surface area contributed by atoms with E-state index < -0.39 is 0 Å². The Morgan fingerprint density at radius 2 is 1.65 bits per heavy atom. The third kappa shape index (κ3) is 3.37. The van der Waals surface area contributed by atoms with E-state index in [1.54, 1.807) is 0 Å². The van der Waals surface area contributed by atoms with Crippen molar-refractivity contribution in [1.82, 2.24) is 15.1 Å². The molecule has 116 valence electrons. The molecule has 3 nitrogen and oxygen atoms in total. The summed E-state index contributed by atoms with van der Waals surface area (Å²) in [6, 6.07) is 2.44. The van der Waals surface area contributed by atoms with Crippen LogP contribution in [0, 0.1) is 0 Å². The van der Waals surface area contributed by atoms with Gasteiger partial charge in [0.25, 0.3) is 0 Å². The average molecular weight is 279 g/mol. The van der Waals surface area contributed by atoms with Gasteiger partial charge in [0.2, 0.25) is 0 Å². The molecule has 0 radical (unpaired) electrons. The number of rotatable bonds is 4. The van der Waals surface area contributed by atoms with Crippen LogP contribution in [0.25, 0.3) is 0 Å². The molecule has 3 atom stereocenters. The van der Waals surface area contributed by atoms with E-state index in [1.165, 1.54) is 77.5 Å². The van der Waals surface area contributed by atoms with Crippen molar-refractivity contribution in [3.8, 4) is 0 Å². The van der Waals surface area contributed by atoms with E-state index in [0.717, 1.165) is 24.7 Å². The molecule has 3 aliphatic rings. The van der Waals surface area contributed by atoms with Gasteiger partial charge in [0, 0.05) is 31.2 Å². The van der Waals surface area contributed by atoms with E-state index in [2.05, 4.69) is 22.0 Å². The van der Waals surface area contributed by atoms with Crippen LogP contribution in [0.3, 0.4) is 0 Å². The Morgan fingerprint density at radius 1 is 0.850 bits per heavy atom. The van der Waals surface area contributed by atoms with E-state index in [0.29, 0.717) is 0 Å². The summed E-state index contributed by atoms with van der Waals surface area (Å²) < 4.78 is 0. The first-order valence-electron chi connectivity index (χ1n) is 9.10. The van der Waals surface area contributed by atoms with Crippen molar-refractivity contribution >= 4 is 0 Å². The van der Waals surface area contributed by atoms with Gasteiger partial charge in [-0.3, -0.25) is 9.80 Å². The number of likely N-dealkylation sites (N-methyl/N-ethyl adjacent to an activating group) is 1. The van der Waals surface area contributed by atoms with Crippen LogP contribution in [0.5, 0.6) is 0 Å². The van der Waals surface area contributed by atoms with Gasteiger partial charge in [-0.1, -0.05) is 26.2 Å². The fourth-order valence-corrected chi connectivity index (χ4v) is 4.70. The van der Waals surface area contributed by atoms with Crippen molar-refractivity contribution in [2.75, 3.05) is 32.7 Å². The number of nitrogens with one attached hydrogen (secondary N) is 1. The molecule has 3 heteroatoms. The van der Waals surface area contributed by atoms with Gasteiger partial charge in [0.15, 0.2) is 0 Å². The molecule has 1 N–H and O–H groups in total. The van der Waals surface area contributed by atoms with Crippen LogP contribution >= 0.6 is 0 Å². The zero-order valence-electron chi connectivity index (χ0n) is 13.3. The first kappa shape index (κ1) is 14.8.